The zero-order valence-electron chi connectivity index (χ0n) is 29.8. The average Bonchev–Trinajstić information content (AvgIpc) is 3.44. The van der Waals surface area contributed by atoms with E-state index in [1.165, 1.54) is 110 Å². The van der Waals surface area contributed by atoms with Crippen LogP contribution in [0, 0.1) is 0 Å². The van der Waals surface area contributed by atoms with E-state index >= 15 is 0 Å². The molecule has 0 aromatic heterocycles. The van der Waals surface area contributed by atoms with Crippen molar-refractivity contribution in [1.29, 1.82) is 0 Å². The fraction of sp³-hybridized carbons (Fsp3) is 0.0566. The SMILES string of the molecule is CC1(C)c2cc(-c3ccc(-c4cccc5ccccc45)cc3)ccc2-c2ccc(-c3cccc(-c4ccc5ccc6cccc7ccc4c5c67)c3)cc21. The first kappa shape index (κ1) is 30.2. The third kappa shape index (κ3) is 4.55. The zero-order chi connectivity index (χ0) is 35.3. The van der Waals surface area contributed by atoms with Crippen LogP contribution in [0.5, 0.6) is 0 Å². The molecule has 0 N–H and O–H groups in total. The molecule has 53 heavy (non-hydrogen) atoms. The lowest BCUT2D eigenvalue weighted by atomic mass is 9.80. The van der Waals surface area contributed by atoms with Crippen molar-refractivity contribution in [2.45, 2.75) is 19.3 Å². The van der Waals surface area contributed by atoms with Crippen LogP contribution in [0.3, 0.4) is 0 Å². The molecule has 0 radical (unpaired) electrons. The van der Waals surface area contributed by atoms with Crippen molar-refractivity contribution in [3.63, 3.8) is 0 Å². The predicted octanol–water partition coefficient (Wildman–Crippen LogP) is 14.7. The van der Waals surface area contributed by atoms with Crippen molar-refractivity contribution < 1.29 is 0 Å². The zero-order valence-corrected chi connectivity index (χ0v) is 29.8. The average molecular weight is 673 g/mol. The fourth-order valence-corrected chi connectivity index (χ4v) is 9.27. The highest BCUT2D eigenvalue weighted by atomic mass is 14.4. The highest BCUT2D eigenvalue weighted by molar-refractivity contribution is 6.25. The normalized spacial score (nSPS) is 13.2. The van der Waals surface area contributed by atoms with Gasteiger partial charge in [-0.1, -0.05) is 178 Å². The monoisotopic (exact) mass is 672 g/mol. The number of hydrogen-bond acceptors (Lipinski definition) is 0. The summed E-state index contributed by atoms with van der Waals surface area (Å²) < 4.78 is 0. The second-order valence-electron chi connectivity index (χ2n) is 15.3. The lowest BCUT2D eigenvalue weighted by Gasteiger charge is -2.23. The van der Waals surface area contributed by atoms with Gasteiger partial charge in [0.15, 0.2) is 0 Å². The van der Waals surface area contributed by atoms with E-state index in [2.05, 4.69) is 196 Å². The summed E-state index contributed by atoms with van der Waals surface area (Å²) in [6.07, 6.45) is 0. The van der Waals surface area contributed by atoms with E-state index in [4.69, 9.17) is 0 Å². The van der Waals surface area contributed by atoms with E-state index in [0.29, 0.717) is 0 Å². The molecular formula is C53H36. The van der Waals surface area contributed by atoms with Gasteiger partial charge < -0.3 is 0 Å². The maximum Gasteiger partial charge on any atom is 0.0159 e. The van der Waals surface area contributed by atoms with Crippen LogP contribution < -0.4 is 0 Å². The molecular weight excluding hydrogens is 637 g/mol. The third-order valence-electron chi connectivity index (χ3n) is 12.0. The van der Waals surface area contributed by atoms with Crippen molar-refractivity contribution in [3.05, 3.63) is 193 Å². The Morgan fingerprint density at radius 3 is 1.55 bits per heavy atom. The molecule has 10 aromatic carbocycles. The summed E-state index contributed by atoms with van der Waals surface area (Å²) in [5, 5.41) is 10.5. The summed E-state index contributed by atoms with van der Waals surface area (Å²) in [6.45, 7) is 4.77. The molecule has 0 unspecified atom stereocenters. The molecule has 0 atom stereocenters. The smallest absolute Gasteiger partial charge is 0.0159 e. The Hall–Kier alpha value is -6.50. The van der Waals surface area contributed by atoms with Crippen LogP contribution in [0.1, 0.15) is 25.0 Å². The number of rotatable bonds is 4. The van der Waals surface area contributed by atoms with Gasteiger partial charge in [-0.2, -0.15) is 0 Å². The topological polar surface area (TPSA) is 0 Å². The standard InChI is InChI=1S/C53H36/c1-53(2)49-31-40(33-16-18-35(19-17-33)44-15-7-9-34-8-3-4-14-43(34)44)24-27-46(49)47-28-25-41(32-50(47)53)39-12-6-13-42(30-39)45-26-22-38-21-20-36-10-5-11-37-23-29-48(45)52(38)51(36)37/h3-32H,1-2H3. The van der Waals surface area contributed by atoms with Gasteiger partial charge in [0.1, 0.15) is 0 Å². The summed E-state index contributed by atoms with van der Waals surface area (Å²) in [7, 11) is 0. The molecule has 0 bridgehead atoms. The Morgan fingerprint density at radius 2 is 0.774 bits per heavy atom. The van der Waals surface area contributed by atoms with Crippen LogP contribution in [0.2, 0.25) is 0 Å². The molecule has 0 spiro atoms. The van der Waals surface area contributed by atoms with Gasteiger partial charge in [0.25, 0.3) is 0 Å². The van der Waals surface area contributed by atoms with Crippen LogP contribution >= 0.6 is 0 Å². The number of benzene rings is 10. The Bertz CT molecular complexity index is 3050. The van der Waals surface area contributed by atoms with Crippen LogP contribution in [0.15, 0.2) is 182 Å². The van der Waals surface area contributed by atoms with E-state index in [1.807, 2.05) is 0 Å². The molecule has 1 aliphatic carbocycles. The third-order valence-corrected chi connectivity index (χ3v) is 12.0. The van der Waals surface area contributed by atoms with Crippen LogP contribution in [-0.4, -0.2) is 0 Å². The molecule has 0 heteroatoms. The van der Waals surface area contributed by atoms with Gasteiger partial charge in [0, 0.05) is 5.41 Å². The summed E-state index contributed by atoms with van der Waals surface area (Å²) in [6, 6.07) is 67.9. The van der Waals surface area contributed by atoms with Gasteiger partial charge in [0.05, 0.1) is 0 Å². The van der Waals surface area contributed by atoms with E-state index in [1.54, 1.807) is 0 Å². The summed E-state index contributed by atoms with van der Waals surface area (Å²) >= 11 is 0. The fourth-order valence-electron chi connectivity index (χ4n) is 9.27. The van der Waals surface area contributed by atoms with E-state index < -0.39 is 0 Å². The molecule has 0 aliphatic heterocycles. The number of fused-ring (bicyclic) bond motifs is 4. The number of hydrogen-bond donors (Lipinski definition) is 0. The van der Waals surface area contributed by atoms with E-state index in [0.717, 1.165) is 0 Å². The second kappa shape index (κ2) is 11.2. The van der Waals surface area contributed by atoms with Gasteiger partial charge in [-0.15, -0.1) is 0 Å². The molecule has 0 nitrogen and oxygen atoms in total. The van der Waals surface area contributed by atoms with Crippen molar-refractivity contribution in [2.75, 3.05) is 0 Å². The molecule has 248 valence electrons. The molecule has 1 aliphatic rings. The van der Waals surface area contributed by atoms with E-state index in [9.17, 15) is 0 Å². The van der Waals surface area contributed by atoms with Crippen molar-refractivity contribution in [2.24, 2.45) is 0 Å². The molecule has 0 saturated heterocycles. The largest absolute Gasteiger partial charge is 0.0616 e. The van der Waals surface area contributed by atoms with Crippen LogP contribution in [-0.2, 0) is 5.41 Å². The molecule has 10 aromatic rings. The van der Waals surface area contributed by atoms with Crippen LogP contribution in [0.25, 0.3) is 98.7 Å². The van der Waals surface area contributed by atoms with Gasteiger partial charge >= 0.3 is 0 Å². The minimum absolute atomic E-state index is 0.122. The second-order valence-corrected chi connectivity index (χ2v) is 15.3. The van der Waals surface area contributed by atoms with Gasteiger partial charge in [0.2, 0.25) is 0 Å². The Labute approximate surface area is 310 Å². The Morgan fingerprint density at radius 1 is 0.283 bits per heavy atom. The van der Waals surface area contributed by atoms with Crippen molar-refractivity contribution in [3.8, 4) is 55.6 Å². The van der Waals surface area contributed by atoms with Crippen LogP contribution in [0.4, 0.5) is 0 Å². The highest BCUT2D eigenvalue weighted by Crippen LogP contribution is 2.51. The van der Waals surface area contributed by atoms with Gasteiger partial charge in [-0.25, -0.2) is 0 Å². The lowest BCUT2D eigenvalue weighted by molar-refractivity contribution is 0.661. The van der Waals surface area contributed by atoms with Crippen molar-refractivity contribution >= 4 is 43.1 Å². The maximum atomic E-state index is 2.44. The Balaban J connectivity index is 0.940. The molecule has 0 heterocycles. The maximum absolute atomic E-state index is 2.44. The Kier molecular flexibility index (Phi) is 6.40. The molecule has 0 amide bonds. The molecule has 0 fully saturated rings. The molecule has 0 saturated carbocycles. The summed E-state index contributed by atoms with van der Waals surface area (Å²) in [4.78, 5) is 0. The summed E-state index contributed by atoms with van der Waals surface area (Å²) in [5.74, 6) is 0. The minimum Gasteiger partial charge on any atom is -0.0616 e. The van der Waals surface area contributed by atoms with Gasteiger partial charge in [-0.05, 0) is 128 Å². The predicted molar refractivity (Wildman–Crippen MR) is 227 cm³/mol. The molecule has 11 rings (SSSR count). The van der Waals surface area contributed by atoms with Gasteiger partial charge in [-0.3, -0.25) is 0 Å². The highest BCUT2D eigenvalue weighted by Gasteiger charge is 2.36. The lowest BCUT2D eigenvalue weighted by Crippen LogP contribution is -2.15. The first-order chi connectivity index (χ1) is 26.0. The quantitative estimate of drug-likeness (QED) is 0.163. The first-order valence-electron chi connectivity index (χ1n) is 18.7. The van der Waals surface area contributed by atoms with Crippen molar-refractivity contribution in [1.82, 2.24) is 0 Å². The van der Waals surface area contributed by atoms with E-state index in [-0.39, 0.29) is 5.41 Å². The first-order valence-corrected chi connectivity index (χ1v) is 18.7. The minimum atomic E-state index is -0.122. The summed E-state index contributed by atoms with van der Waals surface area (Å²) in [5.41, 5.74) is 15.4.